The van der Waals surface area contributed by atoms with Crippen LogP contribution in [0, 0.1) is 5.92 Å². The molecule has 1 saturated heterocycles. The molecule has 2 aliphatic rings. The molecule has 12 nitrogen and oxygen atoms in total. The van der Waals surface area contributed by atoms with Crippen LogP contribution in [-0.4, -0.2) is 94.6 Å². The molecule has 1 aliphatic carbocycles. The van der Waals surface area contributed by atoms with Crippen molar-refractivity contribution < 1.29 is 58.8 Å². The summed E-state index contributed by atoms with van der Waals surface area (Å²) >= 11 is 0. The second-order valence-electron chi connectivity index (χ2n) is 9.60. The van der Waals surface area contributed by atoms with Gasteiger partial charge in [0.1, 0.15) is 31.0 Å². The number of methoxy groups -OCH3 is 2. The maximum absolute atomic E-state index is 12.6. The third-order valence-electron chi connectivity index (χ3n) is 6.66. The number of aliphatic hydroxyl groups excluding tert-OH is 3. The van der Waals surface area contributed by atoms with Crippen molar-refractivity contribution in [1.29, 1.82) is 0 Å². The SMILES string of the molecule is COc1cc(C(=O)O)cc(OC)c1O[C@@H]1O[C@H](COC(=O)C2=CC[C@H](C(C)(C)O)CC2)[C@@H](O)[C@H](O)[C@H]1O. The third-order valence-corrected chi connectivity index (χ3v) is 6.66. The van der Waals surface area contributed by atoms with Crippen molar-refractivity contribution in [3.8, 4) is 17.2 Å². The maximum atomic E-state index is 12.6. The fourth-order valence-corrected chi connectivity index (χ4v) is 4.30. The third kappa shape index (κ3) is 6.51. The van der Waals surface area contributed by atoms with Gasteiger partial charge in [0.15, 0.2) is 11.5 Å². The summed E-state index contributed by atoms with van der Waals surface area (Å²) in [5.41, 5.74) is -0.568. The fourth-order valence-electron chi connectivity index (χ4n) is 4.30. The lowest BCUT2D eigenvalue weighted by molar-refractivity contribution is -0.278. The van der Waals surface area contributed by atoms with Gasteiger partial charge in [0, 0.05) is 5.57 Å². The topological polar surface area (TPSA) is 181 Å². The Hall–Kier alpha value is -2.90. The lowest BCUT2D eigenvalue weighted by atomic mass is 9.79. The number of benzene rings is 1. The van der Waals surface area contributed by atoms with E-state index in [9.17, 15) is 35.1 Å². The number of carboxylic acid groups (broad SMARTS) is 1. The zero-order valence-electron chi connectivity index (χ0n) is 21.1. The summed E-state index contributed by atoms with van der Waals surface area (Å²) in [6.45, 7) is 3.00. The predicted molar refractivity (Wildman–Crippen MR) is 126 cm³/mol. The number of carbonyl (C=O) groups excluding carboxylic acids is 1. The van der Waals surface area contributed by atoms with Crippen LogP contribution in [0.25, 0.3) is 0 Å². The van der Waals surface area contributed by atoms with E-state index in [1.54, 1.807) is 19.9 Å². The van der Waals surface area contributed by atoms with Crippen molar-refractivity contribution in [2.24, 2.45) is 5.92 Å². The van der Waals surface area contributed by atoms with Crippen molar-refractivity contribution in [1.82, 2.24) is 0 Å². The number of carbonyl (C=O) groups is 2. The molecule has 0 bridgehead atoms. The molecule has 0 aromatic heterocycles. The van der Waals surface area contributed by atoms with Crippen LogP contribution < -0.4 is 14.2 Å². The summed E-state index contributed by atoms with van der Waals surface area (Å²) < 4.78 is 27.0. The van der Waals surface area contributed by atoms with Crippen LogP contribution in [0.3, 0.4) is 0 Å². The van der Waals surface area contributed by atoms with E-state index in [1.807, 2.05) is 0 Å². The highest BCUT2D eigenvalue weighted by Crippen LogP contribution is 2.40. The summed E-state index contributed by atoms with van der Waals surface area (Å²) in [7, 11) is 2.55. The first-order valence-corrected chi connectivity index (χ1v) is 11.8. The molecule has 12 heteroatoms. The minimum atomic E-state index is -1.71. The van der Waals surface area contributed by atoms with Gasteiger partial charge in [0.25, 0.3) is 0 Å². The molecule has 0 amide bonds. The summed E-state index contributed by atoms with van der Waals surface area (Å²) in [5.74, 6) is -2.01. The highest BCUT2D eigenvalue weighted by atomic mass is 16.7. The van der Waals surface area contributed by atoms with Crippen molar-refractivity contribution in [2.75, 3.05) is 20.8 Å². The Morgan fingerprint density at radius 2 is 1.68 bits per heavy atom. The Kier molecular flexibility index (Phi) is 9.03. The summed E-state index contributed by atoms with van der Waals surface area (Å²) in [5, 5.41) is 50.7. The Labute approximate surface area is 214 Å². The standard InChI is InChI=1S/C25H34O12/c1-25(2,32)14-7-5-12(6-8-14)23(31)35-11-17-18(26)19(27)20(28)24(36-17)37-21-15(33-3)9-13(22(29)30)10-16(21)34-4/h5,9-10,14,17-20,24,26-28,32H,6-8,11H2,1-4H3,(H,29,30)/t14-,17+,18+,19-,20+,24-/m0/s1. The Morgan fingerprint density at radius 1 is 1.05 bits per heavy atom. The smallest absolute Gasteiger partial charge is 0.335 e. The van der Waals surface area contributed by atoms with Crippen molar-refractivity contribution in [2.45, 2.75) is 69.4 Å². The van der Waals surface area contributed by atoms with E-state index >= 15 is 0 Å². The average Bonchev–Trinajstić information content (AvgIpc) is 2.87. The zero-order chi connectivity index (χ0) is 27.5. The number of esters is 1. The van der Waals surface area contributed by atoms with Gasteiger partial charge in [-0.1, -0.05) is 6.08 Å². The molecule has 37 heavy (non-hydrogen) atoms. The number of carboxylic acids is 1. The Morgan fingerprint density at radius 3 is 2.16 bits per heavy atom. The monoisotopic (exact) mass is 526 g/mol. The number of rotatable bonds is 9. The molecule has 0 radical (unpaired) electrons. The van der Waals surface area contributed by atoms with Gasteiger partial charge in [0.05, 0.1) is 25.4 Å². The van der Waals surface area contributed by atoms with Crippen LogP contribution in [-0.2, 0) is 14.3 Å². The molecule has 6 atom stereocenters. The number of aromatic carboxylic acids is 1. The van der Waals surface area contributed by atoms with Gasteiger partial charge in [-0.3, -0.25) is 0 Å². The van der Waals surface area contributed by atoms with E-state index in [2.05, 4.69) is 0 Å². The molecule has 0 spiro atoms. The Balaban J connectivity index is 1.71. The first-order chi connectivity index (χ1) is 17.4. The van der Waals surface area contributed by atoms with E-state index in [1.165, 1.54) is 26.4 Å². The number of ether oxygens (including phenoxy) is 5. The summed E-state index contributed by atoms with van der Waals surface area (Å²) in [6, 6.07) is 2.36. The first-order valence-electron chi connectivity index (χ1n) is 11.8. The highest BCUT2D eigenvalue weighted by molar-refractivity contribution is 5.89. The lowest BCUT2D eigenvalue weighted by Gasteiger charge is -2.40. The largest absolute Gasteiger partial charge is 0.493 e. The summed E-state index contributed by atoms with van der Waals surface area (Å²) in [4.78, 5) is 23.9. The van der Waals surface area contributed by atoms with Crippen LogP contribution in [0.2, 0.25) is 0 Å². The second-order valence-corrected chi connectivity index (χ2v) is 9.60. The van der Waals surface area contributed by atoms with Gasteiger partial charge in [0.2, 0.25) is 12.0 Å². The lowest BCUT2D eigenvalue weighted by Crippen LogP contribution is -2.60. The molecule has 1 aliphatic heterocycles. The molecule has 1 heterocycles. The Bertz CT molecular complexity index is 988. The normalized spacial score (nSPS) is 28.2. The van der Waals surface area contributed by atoms with E-state index < -0.39 is 54.9 Å². The number of aliphatic hydroxyl groups is 4. The minimum absolute atomic E-state index is 0.0145. The molecular formula is C25H34O12. The van der Waals surface area contributed by atoms with Gasteiger partial charge >= 0.3 is 11.9 Å². The molecule has 1 fully saturated rings. The van der Waals surface area contributed by atoms with Gasteiger partial charge in [-0.2, -0.15) is 0 Å². The van der Waals surface area contributed by atoms with E-state index in [0.29, 0.717) is 24.8 Å². The molecule has 3 rings (SSSR count). The molecule has 5 N–H and O–H groups in total. The maximum Gasteiger partial charge on any atom is 0.335 e. The van der Waals surface area contributed by atoms with Gasteiger partial charge in [-0.15, -0.1) is 0 Å². The molecular weight excluding hydrogens is 492 g/mol. The van der Waals surface area contributed by atoms with Gasteiger partial charge < -0.3 is 49.2 Å². The number of allylic oxidation sites excluding steroid dienone is 1. The second kappa shape index (κ2) is 11.7. The quantitative estimate of drug-likeness (QED) is 0.284. The van der Waals surface area contributed by atoms with Crippen molar-refractivity contribution >= 4 is 11.9 Å². The van der Waals surface area contributed by atoms with E-state index in [4.69, 9.17) is 23.7 Å². The van der Waals surface area contributed by atoms with Crippen LogP contribution in [0.15, 0.2) is 23.8 Å². The molecule has 1 aromatic rings. The first kappa shape index (κ1) is 28.7. The number of hydrogen-bond acceptors (Lipinski definition) is 11. The van der Waals surface area contributed by atoms with E-state index in [-0.39, 0.29) is 28.7 Å². The van der Waals surface area contributed by atoms with Crippen LogP contribution in [0.4, 0.5) is 0 Å². The van der Waals surface area contributed by atoms with Gasteiger partial charge in [-0.25, -0.2) is 9.59 Å². The van der Waals surface area contributed by atoms with E-state index in [0.717, 1.165) is 0 Å². The van der Waals surface area contributed by atoms with Gasteiger partial charge in [-0.05, 0) is 51.2 Å². The highest BCUT2D eigenvalue weighted by Gasteiger charge is 2.46. The zero-order valence-corrected chi connectivity index (χ0v) is 21.1. The van der Waals surface area contributed by atoms with Crippen LogP contribution >= 0.6 is 0 Å². The van der Waals surface area contributed by atoms with Crippen LogP contribution in [0.1, 0.15) is 43.5 Å². The predicted octanol–water partition coefficient (Wildman–Crippen LogP) is 0.629. The number of hydrogen-bond donors (Lipinski definition) is 5. The molecule has 0 unspecified atom stereocenters. The van der Waals surface area contributed by atoms with Crippen LogP contribution in [0.5, 0.6) is 17.2 Å². The van der Waals surface area contributed by atoms with Crippen molar-refractivity contribution in [3.63, 3.8) is 0 Å². The molecule has 206 valence electrons. The fraction of sp³-hybridized carbons (Fsp3) is 0.600. The molecule has 1 aromatic carbocycles. The minimum Gasteiger partial charge on any atom is -0.493 e. The van der Waals surface area contributed by atoms with Crippen molar-refractivity contribution in [3.05, 3.63) is 29.3 Å². The molecule has 0 saturated carbocycles. The average molecular weight is 527 g/mol. The summed E-state index contributed by atoms with van der Waals surface area (Å²) in [6.07, 6.45) is -4.56.